The first-order valence-electron chi connectivity index (χ1n) is 20.9. The number of aromatic nitrogens is 2. The first kappa shape index (κ1) is 34.9. The summed E-state index contributed by atoms with van der Waals surface area (Å²) in [6.45, 7) is 0. The molecule has 0 atom stereocenters. The van der Waals surface area contributed by atoms with Crippen molar-refractivity contribution in [3.8, 4) is 61.5 Å². The third kappa shape index (κ3) is 5.92. The van der Waals surface area contributed by atoms with E-state index >= 15 is 0 Å². The van der Waals surface area contributed by atoms with Gasteiger partial charge in [-0.05, 0) is 114 Å². The first-order valence-corrected chi connectivity index (χ1v) is 20.9. The number of rotatable bonds is 6. The number of para-hydroxylation sites is 1. The molecule has 0 fully saturated rings. The van der Waals surface area contributed by atoms with Gasteiger partial charge in [-0.3, -0.25) is 4.98 Å². The molecule has 0 N–H and O–H groups in total. The topological polar surface area (TPSA) is 17.8 Å². The van der Waals surface area contributed by atoms with E-state index < -0.39 is 0 Å². The molecule has 61 heavy (non-hydrogen) atoms. The normalized spacial score (nSPS) is 11.6. The zero-order valence-electron chi connectivity index (χ0n) is 33.3. The highest BCUT2D eigenvalue weighted by atomic mass is 15.0. The minimum absolute atomic E-state index is 0.951. The summed E-state index contributed by atoms with van der Waals surface area (Å²) in [4.78, 5) is 5.09. The van der Waals surface area contributed by atoms with Crippen molar-refractivity contribution in [3.63, 3.8) is 0 Å². The van der Waals surface area contributed by atoms with Crippen LogP contribution in [-0.2, 0) is 0 Å². The maximum atomic E-state index is 5.09. The summed E-state index contributed by atoms with van der Waals surface area (Å²) in [7, 11) is 0. The van der Waals surface area contributed by atoms with Gasteiger partial charge in [0.05, 0.1) is 16.7 Å². The van der Waals surface area contributed by atoms with Crippen molar-refractivity contribution in [1.82, 2.24) is 9.55 Å². The van der Waals surface area contributed by atoms with E-state index in [1.54, 1.807) is 0 Å². The van der Waals surface area contributed by atoms with Crippen molar-refractivity contribution < 1.29 is 0 Å². The largest absolute Gasteiger partial charge is 0.309 e. The minimum Gasteiger partial charge on any atom is -0.309 e. The second-order valence-corrected chi connectivity index (χ2v) is 15.9. The Morgan fingerprint density at radius 2 is 0.738 bits per heavy atom. The number of hydrogen-bond donors (Lipinski definition) is 0. The van der Waals surface area contributed by atoms with E-state index in [9.17, 15) is 0 Å². The van der Waals surface area contributed by atoms with Crippen molar-refractivity contribution >= 4 is 54.1 Å². The fourth-order valence-corrected chi connectivity index (χ4v) is 9.50. The van der Waals surface area contributed by atoms with Gasteiger partial charge >= 0.3 is 0 Å². The van der Waals surface area contributed by atoms with Crippen molar-refractivity contribution in [1.29, 1.82) is 0 Å². The Balaban J connectivity index is 0.899. The smallest absolute Gasteiger partial charge is 0.0702 e. The maximum Gasteiger partial charge on any atom is 0.0702 e. The highest BCUT2D eigenvalue weighted by molar-refractivity contribution is 6.21. The molecular weight excluding hydrogens is 737 g/mol. The molecule has 0 bridgehead atoms. The molecular formula is C59H38N2. The number of fused-ring (bicyclic) bond motifs is 6. The van der Waals surface area contributed by atoms with Gasteiger partial charge in [-0.25, -0.2) is 0 Å². The molecule has 0 aliphatic rings. The Hall–Kier alpha value is -8.07. The van der Waals surface area contributed by atoms with Gasteiger partial charge in [-0.1, -0.05) is 182 Å². The van der Waals surface area contributed by atoms with Gasteiger partial charge in [0.25, 0.3) is 0 Å². The monoisotopic (exact) mass is 774 g/mol. The molecule has 0 aliphatic carbocycles. The molecule has 2 heteroatoms. The van der Waals surface area contributed by atoms with Gasteiger partial charge in [0.1, 0.15) is 0 Å². The van der Waals surface area contributed by atoms with E-state index in [4.69, 9.17) is 4.98 Å². The van der Waals surface area contributed by atoms with Gasteiger partial charge in [0.2, 0.25) is 0 Å². The Morgan fingerprint density at radius 1 is 0.279 bits per heavy atom. The van der Waals surface area contributed by atoms with Crippen LogP contribution in [0.25, 0.3) is 116 Å². The Kier molecular flexibility index (Phi) is 8.21. The average molecular weight is 775 g/mol. The van der Waals surface area contributed by atoms with E-state index in [2.05, 4.69) is 229 Å². The van der Waals surface area contributed by atoms with Crippen LogP contribution < -0.4 is 0 Å². The van der Waals surface area contributed by atoms with Crippen LogP contribution in [0.3, 0.4) is 0 Å². The third-order valence-corrected chi connectivity index (χ3v) is 12.4. The number of benzene rings is 10. The second-order valence-electron chi connectivity index (χ2n) is 15.9. The van der Waals surface area contributed by atoms with Gasteiger partial charge in [-0.2, -0.15) is 0 Å². The lowest BCUT2D eigenvalue weighted by Crippen LogP contribution is -1.93. The molecule has 0 aliphatic heterocycles. The van der Waals surface area contributed by atoms with Crippen LogP contribution in [0.2, 0.25) is 0 Å². The molecule has 0 radical (unpaired) electrons. The summed E-state index contributed by atoms with van der Waals surface area (Å²) in [5.41, 5.74) is 15.2. The zero-order chi connectivity index (χ0) is 40.3. The van der Waals surface area contributed by atoms with E-state index in [1.807, 2.05) is 6.20 Å². The molecule has 0 unspecified atom stereocenters. The molecule has 2 nitrogen and oxygen atoms in total. The summed E-state index contributed by atoms with van der Waals surface area (Å²) in [6, 6.07) is 81.3. The van der Waals surface area contributed by atoms with Gasteiger partial charge in [0.15, 0.2) is 0 Å². The van der Waals surface area contributed by atoms with Gasteiger partial charge in [0, 0.05) is 33.8 Å². The molecule has 284 valence electrons. The second kappa shape index (κ2) is 14.3. The van der Waals surface area contributed by atoms with Crippen LogP contribution in [0.4, 0.5) is 0 Å². The van der Waals surface area contributed by atoms with E-state index in [0.29, 0.717) is 0 Å². The van der Waals surface area contributed by atoms with Gasteiger partial charge < -0.3 is 4.57 Å². The van der Waals surface area contributed by atoms with Gasteiger partial charge in [-0.15, -0.1) is 0 Å². The summed E-state index contributed by atoms with van der Waals surface area (Å²) in [5.74, 6) is 0. The van der Waals surface area contributed by atoms with Crippen molar-refractivity contribution in [2.75, 3.05) is 0 Å². The molecule has 0 amide bonds. The molecule has 2 aromatic heterocycles. The van der Waals surface area contributed by atoms with Crippen LogP contribution in [-0.4, -0.2) is 9.55 Å². The maximum absolute atomic E-state index is 5.09. The Bertz CT molecular complexity index is 3530. The fraction of sp³-hybridized carbons (Fsp3) is 0. The number of pyridine rings is 1. The molecule has 12 aromatic rings. The molecule has 2 heterocycles. The standard InChI is InChI=1S/C59H38N2/c1-3-13-39(14-4-1)40-25-29-43(30-26-40)58-49-19-9-11-21-51(49)59(52-22-12-10-20-50(52)58)47-31-33-55(60-38-47)42-27-23-41(24-28-42)46-32-34-56-53(36-46)54-35-44-15-7-8-16-45(44)37-57(54)61(56)48-17-5-2-6-18-48/h1-38H. The molecule has 12 rings (SSSR count). The summed E-state index contributed by atoms with van der Waals surface area (Å²) < 4.78 is 2.39. The summed E-state index contributed by atoms with van der Waals surface area (Å²) >= 11 is 0. The van der Waals surface area contributed by atoms with Crippen LogP contribution in [0.1, 0.15) is 0 Å². The Morgan fingerprint density at radius 3 is 1.36 bits per heavy atom. The average Bonchev–Trinajstić information content (AvgIpc) is 3.65. The highest BCUT2D eigenvalue weighted by Crippen LogP contribution is 2.44. The molecule has 0 saturated heterocycles. The predicted octanol–water partition coefficient (Wildman–Crippen LogP) is 16.0. The van der Waals surface area contributed by atoms with E-state index in [0.717, 1.165) is 22.5 Å². The minimum atomic E-state index is 0.951. The molecule has 0 saturated carbocycles. The van der Waals surface area contributed by atoms with E-state index in [1.165, 1.54) is 93.1 Å². The van der Waals surface area contributed by atoms with Crippen LogP contribution in [0, 0.1) is 0 Å². The lowest BCUT2D eigenvalue weighted by molar-refractivity contribution is 1.18. The highest BCUT2D eigenvalue weighted by Gasteiger charge is 2.18. The SMILES string of the molecule is c1ccc(-c2ccc(-c3c4ccccc4c(-c4ccc(-c5ccc(-c6ccc7c(c6)c6cc8ccccc8cc6n7-c6ccccc6)cc5)nc4)c4ccccc34)cc2)cc1. The van der Waals surface area contributed by atoms with Crippen molar-refractivity contribution in [2.45, 2.75) is 0 Å². The molecule has 10 aromatic carbocycles. The van der Waals surface area contributed by atoms with Crippen molar-refractivity contribution in [2.24, 2.45) is 0 Å². The Labute approximate surface area is 354 Å². The van der Waals surface area contributed by atoms with Crippen LogP contribution >= 0.6 is 0 Å². The predicted molar refractivity (Wildman–Crippen MR) is 258 cm³/mol. The lowest BCUT2D eigenvalue weighted by atomic mass is 9.86. The number of hydrogen-bond acceptors (Lipinski definition) is 1. The van der Waals surface area contributed by atoms with Crippen LogP contribution in [0.5, 0.6) is 0 Å². The summed E-state index contributed by atoms with van der Waals surface area (Å²) in [6.07, 6.45) is 2.05. The van der Waals surface area contributed by atoms with E-state index in [-0.39, 0.29) is 0 Å². The lowest BCUT2D eigenvalue weighted by Gasteiger charge is -2.18. The summed E-state index contributed by atoms with van der Waals surface area (Å²) in [5, 5.41) is 9.91. The fourth-order valence-electron chi connectivity index (χ4n) is 9.50. The number of nitrogens with zero attached hydrogens (tertiary/aromatic N) is 2. The first-order chi connectivity index (χ1) is 30.2. The quantitative estimate of drug-likeness (QED) is 0.154. The zero-order valence-corrected chi connectivity index (χ0v) is 33.3. The van der Waals surface area contributed by atoms with Crippen LogP contribution in [0.15, 0.2) is 231 Å². The third-order valence-electron chi connectivity index (χ3n) is 12.4. The molecule has 0 spiro atoms. The van der Waals surface area contributed by atoms with Crippen molar-refractivity contribution in [3.05, 3.63) is 231 Å².